The Kier molecular flexibility index (Phi) is 5.48. The van der Waals surface area contributed by atoms with Crippen LogP contribution in [0.5, 0.6) is 0 Å². The smallest absolute Gasteiger partial charge is 0.314 e. The van der Waals surface area contributed by atoms with Crippen LogP contribution in [0.2, 0.25) is 5.02 Å². The second kappa shape index (κ2) is 7.14. The average molecular weight is 311 g/mol. The SMILES string of the molecule is CC(C)(CNC(=O)NC[C@@H]1CCOC1)c1ccccc1Cl. The van der Waals surface area contributed by atoms with Crippen molar-refractivity contribution in [1.82, 2.24) is 10.6 Å². The third kappa shape index (κ3) is 4.61. The van der Waals surface area contributed by atoms with E-state index >= 15 is 0 Å². The highest BCUT2D eigenvalue weighted by atomic mass is 35.5. The largest absolute Gasteiger partial charge is 0.381 e. The number of ether oxygens (including phenoxy) is 1. The minimum absolute atomic E-state index is 0.137. The number of halogens is 1. The number of hydrogen-bond donors (Lipinski definition) is 2. The van der Waals surface area contributed by atoms with E-state index in [4.69, 9.17) is 16.3 Å². The molecule has 5 heteroatoms. The molecule has 1 heterocycles. The Balaban J connectivity index is 1.80. The molecule has 1 aromatic carbocycles. The molecule has 2 N–H and O–H groups in total. The van der Waals surface area contributed by atoms with Gasteiger partial charge >= 0.3 is 6.03 Å². The number of nitrogens with one attached hydrogen (secondary N) is 2. The summed E-state index contributed by atoms with van der Waals surface area (Å²) in [4.78, 5) is 11.9. The lowest BCUT2D eigenvalue weighted by molar-refractivity contribution is 0.185. The minimum Gasteiger partial charge on any atom is -0.381 e. The van der Waals surface area contributed by atoms with E-state index in [2.05, 4.69) is 24.5 Å². The Hall–Kier alpha value is -1.26. The molecule has 0 radical (unpaired) electrons. The molecule has 1 aliphatic heterocycles. The Morgan fingerprint density at radius 2 is 2.14 bits per heavy atom. The fourth-order valence-electron chi connectivity index (χ4n) is 2.45. The predicted molar refractivity (Wildman–Crippen MR) is 84.8 cm³/mol. The molecule has 0 aliphatic carbocycles. The van der Waals surface area contributed by atoms with Gasteiger partial charge in [-0.1, -0.05) is 43.6 Å². The zero-order chi connectivity index (χ0) is 15.3. The maximum absolute atomic E-state index is 11.9. The van der Waals surface area contributed by atoms with E-state index < -0.39 is 0 Å². The normalized spacial score (nSPS) is 18.5. The quantitative estimate of drug-likeness (QED) is 0.878. The minimum atomic E-state index is -0.216. The molecular formula is C16H23ClN2O2. The standard InChI is InChI=1S/C16H23ClN2O2/c1-16(2,13-5-3-4-6-14(13)17)11-19-15(20)18-9-12-7-8-21-10-12/h3-6,12H,7-11H2,1-2H3,(H2,18,19,20)/t12-/m0/s1. The molecule has 0 unspecified atom stereocenters. The molecule has 2 rings (SSSR count). The molecule has 1 saturated heterocycles. The van der Waals surface area contributed by atoms with E-state index in [1.165, 1.54) is 0 Å². The highest BCUT2D eigenvalue weighted by Crippen LogP contribution is 2.28. The van der Waals surface area contributed by atoms with Crippen LogP contribution < -0.4 is 10.6 Å². The van der Waals surface area contributed by atoms with Crippen LogP contribution in [0, 0.1) is 5.92 Å². The number of carbonyl (C=O) groups is 1. The van der Waals surface area contributed by atoms with Crippen molar-refractivity contribution >= 4 is 17.6 Å². The van der Waals surface area contributed by atoms with Gasteiger partial charge in [-0.15, -0.1) is 0 Å². The van der Waals surface area contributed by atoms with Gasteiger partial charge in [-0.3, -0.25) is 0 Å². The molecule has 0 spiro atoms. The molecule has 116 valence electrons. The number of hydrogen-bond acceptors (Lipinski definition) is 2. The van der Waals surface area contributed by atoms with Gasteiger partial charge in [0, 0.05) is 36.1 Å². The summed E-state index contributed by atoms with van der Waals surface area (Å²) in [5.74, 6) is 0.437. The predicted octanol–water partition coefficient (Wildman–Crippen LogP) is 2.95. The molecule has 1 aromatic rings. The van der Waals surface area contributed by atoms with E-state index in [0.717, 1.165) is 30.2 Å². The first-order valence-electron chi connectivity index (χ1n) is 7.33. The zero-order valence-electron chi connectivity index (χ0n) is 12.6. The first-order valence-corrected chi connectivity index (χ1v) is 7.71. The van der Waals surface area contributed by atoms with Crippen LogP contribution in [0.15, 0.2) is 24.3 Å². The van der Waals surface area contributed by atoms with Crippen molar-refractivity contribution in [2.24, 2.45) is 5.92 Å². The van der Waals surface area contributed by atoms with Crippen molar-refractivity contribution in [1.29, 1.82) is 0 Å². The molecule has 4 nitrogen and oxygen atoms in total. The lowest BCUT2D eigenvalue weighted by Gasteiger charge is -2.26. The Morgan fingerprint density at radius 1 is 1.38 bits per heavy atom. The average Bonchev–Trinajstić information content (AvgIpc) is 2.96. The number of amides is 2. The summed E-state index contributed by atoms with van der Waals surface area (Å²) >= 11 is 6.23. The molecular weight excluding hydrogens is 288 g/mol. The summed E-state index contributed by atoms with van der Waals surface area (Å²) < 4.78 is 5.29. The van der Waals surface area contributed by atoms with Crippen molar-refractivity contribution in [3.05, 3.63) is 34.9 Å². The molecule has 1 aliphatic rings. The monoisotopic (exact) mass is 310 g/mol. The lowest BCUT2D eigenvalue weighted by atomic mass is 9.84. The molecule has 1 atom stereocenters. The fourth-order valence-corrected chi connectivity index (χ4v) is 2.84. The van der Waals surface area contributed by atoms with Gasteiger partial charge < -0.3 is 15.4 Å². The fraction of sp³-hybridized carbons (Fsp3) is 0.562. The van der Waals surface area contributed by atoms with Gasteiger partial charge in [-0.05, 0) is 18.1 Å². The van der Waals surface area contributed by atoms with Crippen LogP contribution in [-0.4, -0.2) is 32.3 Å². The van der Waals surface area contributed by atoms with Crippen LogP contribution in [0.3, 0.4) is 0 Å². The summed E-state index contributed by atoms with van der Waals surface area (Å²) in [6, 6.07) is 7.60. The van der Waals surface area contributed by atoms with Crippen LogP contribution in [0.4, 0.5) is 4.79 Å². The summed E-state index contributed by atoms with van der Waals surface area (Å²) in [6.07, 6.45) is 1.02. The maximum atomic E-state index is 11.9. The van der Waals surface area contributed by atoms with E-state index in [1.54, 1.807) is 0 Å². The second-order valence-electron chi connectivity index (χ2n) is 6.16. The summed E-state index contributed by atoms with van der Waals surface area (Å²) in [7, 11) is 0. The molecule has 2 amide bonds. The molecule has 1 fully saturated rings. The van der Waals surface area contributed by atoms with E-state index in [9.17, 15) is 4.79 Å². The van der Waals surface area contributed by atoms with Gasteiger partial charge in [0.25, 0.3) is 0 Å². The molecule has 0 aromatic heterocycles. The van der Waals surface area contributed by atoms with Crippen molar-refractivity contribution in [3.63, 3.8) is 0 Å². The van der Waals surface area contributed by atoms with E-state index in [-0.39, 0.29) is 11.4 Å². The van der Waals surface area contributed by atoms with Crippen LogP contribution in [0.25, 0.3) is 0 Å². The lowest BCUT2D eigenvalue weighted by Crippen LogP contribution is -2.43. The van der Waals surface area contributed by atoms with Crippen LogP contribution in [-0.2, 0) is 10.2 Å². The van der Waals surface area contributed by atoms with Gasteiger partial charge in [0.05, 0.1) is 6.61 Å². The number of benzene rings is 1. The highest BCUT2D eigenvalue weighted by molar-refractivity contribution is 6.31. The molecule has 0 bridgehead atoms. The van der Waals surface area contributed by atoms with Gasteiger partial charge in [0.1, 0.15) is 0 Å². The van der Waals surface area contributed by atoms with Gasteiger partial charge in [-0.2, -0.15) is 0 Å². The summed E-state index contributed by atoms with van der Waals surface area (Å²) in [6.45, 7) is 6.87. The van der Waals surface area contributed by atoms with E-state index in [0.29, 0.717) is 19.0 Å². The number of urea groups is 1. The van der Waals surface area contributed by atoms with Crippen molar-refractivity contribution in [2.75, 3.05) is 26.3 Å². The number of rotatable bonds is 5. The highest BCUT2D eigenvalue weighted by Gasteiger charge is 2.24. The van der Waals surface area contributed by atoms with Crippen molar-refractivity contribution in [2.45, 2.75) is 25.7 Å². The summed E-state index contributed by atoms with van der Waals surface area (Å²) in [5, 5.41) is 6.55. The third-order valence-electron chi connectivity index (χ3n) is 3.87. The molecule has 21 heavy (non-hydrogen) atoms. The molecule has 0 saturated carbocycles. The van der Waals surface area contributed by atoms with E-state index in [1.807, 2.05) is 24.3 Å². The first-order chi connectivity index (χ1) is 9.99. The Bertz CT molecular complexity index is 485. The Labute approximate surface area is 131 Å². The third-order valence-corrected chi connectivity index (χ3v) is 4.20. The summed E-state index contributed by atoms with van der Waals surface area (Å²) in [5.41, 5.74) is 0.822. The van der Waals surface area contributed by atoms with Gasteiger partial charge in [0.15, 0.2) is 0 Å². The van der Waals surface area contributed by atoms with Gasteiger partial charge in [-0.25, -0.2) is 4.79 Å². The van der Waals surface area contributed by atoms with Crippen molar-refractivity contribution < 1.29 is 9.53 Å². The second-order valence-corrected chi connectivity index (χ2v) is 6.56. The first kappa shape index (κ1) is 16.1. The van der Waals surface area contributed by atoms with Crippen LogP contribution >= 0.6 is 11.6 Å². The topological polar surface area (TPSA) is 50.4 Å². The zero-order valence-corrected chi connectivity index (χ0v) is 13.4. The Morgan fingerprint density at radius 3 is 2.81 bits per heavy atom. The van der Waals surface area contributed by atoms with Gasteiger partial charge in [0.2, 0.25) is 0 Å². The van der Waals surface area contributed by atoms with Crippen LogP contribution in [0.1, 0.15) is 25.8 Å². The van der Waals surface area contributed by atoms with Crippen molar-refractivity contribution in [3.8, 4) is 0 Å². The maximum Gasteiger partial charge on any atom is 0.314 e. The number of carbonyl (C=O) groups excluding carboxylic acids is 1.